The summed E-state index contributed by atoms with van der Waals surface area (Å²) in [7, 11) is 0. The highest BCUT2D eigenvalue weighted by molar-refractivity contribution is 6.00. The van der Waals surface area contributed by atoms with E-state index in [1.54, 1.807) is 9.80 Å². The first-order chi connectivity index (χ1) is 17.3. The molecule has 0 aromatic heterocycles. The van der Waals surface area contributed by atoms with Gasteiger partial charge < -0.3 is 24.0 Å². The highest BCUT2D eigenvalue weighted by Gasteiger charge is 2.33. The van der Waals surface area contributed by atoms with Crippen molar-refractivity contribution in [3.05, 3.63) is 58.7 Å². The number of rotatable bonds is 5. The molecule has 0 atom stereocenters. The van der Waals surface area contributed by atoms with Crippen molar-refractivity contribution in [3.63, 3.8) is 0 Å². The van der Waals surface area contributed by atoms with E-state index in [1.807, 2.05) is 39.8 Å². The summed E-state index contributed by atoms with van der Waals surface area (Å²) in [5.74, 6) is 0.248. The van der Waals surface area contributed by atoms with Gasteiger partial charge in [0.25, 0.3) is 5.91 Å². The van der Waals surface area contributed by atoms with Crippen LogP contribution in [0.3, 0.4) is 0 Å². The number of halogens is 3. The maximum absolute atomic E-state index is 13.0. The van der Waals surface area contributed by atoms with E-state index in [2.05, 4.69) is 4.74 Å². The molecule has 0 aliphatic carbocycles. The van der Waals surface area contributed by atoms with Gasteiger partial charge in [0.15, 0.2) is 0 Å². The Morgan fingerprint density at radius 2 is 1.68 bits per heavy atom. The van der Waals surface area contributed by atoms with Crippen LogP contribution in [0.25, 0.3) is 0 Å². The van der Waals surface area contributed by atoms with E-state index in [9.17, 15) is 22.8 Å². The first-order valence-corrected chi connectivity index (χ1v) is 12.2. The van der Waals surface area contributed by atoms with Crippen LogP contribution < -0.4 is 9.47 Å². The van der Waals surface area contributed by atoms with E-state index in [4.69, 9.17) is 9.47 Å². The monoisotopic (exact) mass is 520 g/mol. The lowest BCUT2D eigenvalue weighted by Crippen LogP contribution is -2.44. The van der Waals surface area contributed by atoms with Crippen LogP contribution in [0, 0.1) is 6.92 Å². The molecule has 0 bridgehead atoms. The maximum Gasteiger partial charge on any atom is 0.573 e. The second-order valence-corrected chi connectivity index (χ2v) is 10.4. The third kappa shape index (κ3) is 6.87. The predicted molar refractivity (Wildman–Crippen MR) is 129 cm³/mol. The second-order valence-electron chi connectivity index (χ2n) is 10.4. The molecular formula is C27H31F3N2O5. The molecule has 37 heavy (non-hydrogen) atoms. The average molecular weight is 521 g/mol. The van der Waals surface area contributed by atoms with Gasteiger partial charge in [0.05, 0.1) is 0 Å². The minimum atomic E-state index is -4.75. The van der Waals surface area contributed by atoms with Crippen molar-refractivity contribution in [2.24, 2.45) is 0 Å². The zero-order valence-electron chi connectivity index (χ0n) is 21.4. The second kappa shape index (κ2) is 10.1. The zero-order valence-corrected chi connectivity index (χ0v) is 21.4. The summed E-state index contributed by atoms with van der Waals surface area (Å²) < 4.78 is 52.7. The Labute approximate surface area is 214 Å². The summed E-state index contributed by atoms with van der Waals surface area (Å²) in [6.07, 6.45) is -3.77. The van der Waals surface area contributed by atoms with Crippen molar-refractivity contribution in [2.45, 2.75) is 71.7 Å². The number of nitrogens with zero attached hydrogens (tertiary/aromatic N) is 2. The zero-order chi connectivity index (χ0) is 27.0. The highest BCUT2D eigenvalue weighted by Crippen LogP contribution is 2.33. The number of carbonyl (C=O) groups is 2. The van der Waals surface area contributed by atoms with Crippen molar-refractivity contribution in [2.75, 3.05) is 13.1 Å². The molecule has 0 saturated carbocycles. The quantitative estimate of drug-likeness (QED) is 0.497. The van der Waals surface area contributed by atoms with Crippen molar-refractivity contribution in [3.8, 4) is 11.5 Å². The number of carbonyl (C=O) groups excluding carboxylic acids is 2. The normalized spacial score (nSPS) is 16.6. The molecule has 4 rings (SSSR count). The molecule has 0 unspecified atom stereocenters. The average Bonchev–Trinajstić information content (AvgIpc) is 3.09. The summed E-state index contributed by atoms with van der Waals surface area (Å²) >= 11 is 0. The molecule has 2 aliphatic rings. The van der Waals surface area contributed by atoms with E-state index < -0.39 is 12.0 Å². The first kappa shape index (κ1) is 26.6. The Bertz CT molecular complexity index is 1150. The molecule has 1 saturated heterocycles. The third-order valence-electron chi connectivity index (χ3n) is 6.18. The smallest absolute Gasteiger partial charge is 0.490 e. The van der Waals surface area contributed by atoms with Crippen LogP contribution in [0.1, 0.15) is 60.7 Å². The molecule has 2 heterocycles. The van der Waals surface area contributed by atoms with E-state index >= 15 is 0 Å². The highest BCUT2D eigenvalue weighted by atomic mass is 19.4. The number of alkyl halides is 3. The van der Waals surface area contributed by atoms with Gasteiger partial charge in [0.1, 0.15) is 23.2 Å². The largest absolute Gasteiger partial charge is 0.573 e. The number of ether oxygens (including phenoxy) is 3. The fraction of sp³-hybridized carbons (Fsp3) is 0.481. The van der Waals surface area contributed by atoms with Crippen LogP contribution in [0.2, 0.25) is 0 Å². The van der Waals surface area contributed by atoms with Gasteiger partial charge >= 0.3 is 12.5 Å². The van der Waals surface area contributed by atoms with Gasteiger partial charge in [-0.15, -0.1) is 13.2 Å². The van der Waals surface area contributed by atoms with Gasteiger partial charge in [-0.25, -0.2) is 4.79 Å². The Kier molecular flexibility index (Phi) is 7.30. The molecule has 1 fully saturated rings. The fourth-order valence-corrected chi connectivity index (χ4v) is 4.58. The van der Waals surface area contributed by atoms with Crippen LogP contribution in [0.5, 0.6) is 11.5 Å². The number of piperidine rings is 1. The lowest BCUT2D eigenvalue weighted by atomic mass is 10.0. The van der Waals surface area contributed by atoms with Crippen molar-refractivity contribution in [1.82, 2.24) is 9.80 Å². The molecular weight excluding hydrogens is 489 g/mol. The van der Waals surface area contributed by atoms with E-state index in [0.29, 0.717) is 49.4 Å². The molecule has 2 aromatic carbocycles. The molecule has 0 N–H and O–H groups in total. The van der Waals surface area contributed by atoms with Crippen LogP contribution in [-0.2, 0) is 17.8 Å². The Hall–Kier alpha value is -3.43. The standard InChI is InChI=1S/C27H31F3N2O5/c1-17-13-22(35-20-9-11-31(12-10-20)25(34)37-26(2,3)4)14-19-16-32(24(33)23(17)19)15-18-5-7-21(8-6-18)36-27(28,29)30/h5-8,13-14,20H,9-12,15-16H2,1-4H3. The Balaban J connectivity index is 1.35. The minimum absolute atomic E-state index is 0.0539. The van der Waals surface area contributed by atoms with E-state index in [-0.39, 0.29) is 30.4 Å². The molecule has 7 nitrogen and oxygen atoms in total. The molecule has 2 amide bonds. The van der Waals surface area contributed by atoms with Crippen molar-refractivity contribution in [1.29, 1.82) is 0 Å². The van der Waals surface area contributed by atoms with Crippen LogP contribution in [0.15, 0.2) is 36.4 Å². The van der Waals surface area contributed by atoms with Gasteiger partial charge in [0, 0.05) is 44.6 Å². The lowest BCUT2D eigenvalue weighted by molar-refractivity contribution is -0.274. The number of likely N-dealkylation sites (tertiary alicyclic amines) is 1. The van der Waals surface area contributed by atoms with Gasteiger partial charge in [-0.3, -0.25) is 4.79 Å². The van der Waals surface area contributed by atoms with Gasteiger partial charge in [-0.1, -0.05) is 12.1 Å². The molecule has 2 aliphatic heterocycles. The molecule has 2 aromatic rings. The van der Waals surface area contributed by atoms with Crippen molar-refractivity contribution >= 4 is 12.0 Å². The van der Waals surface area contributed by atoms with Gasteiger partial charge in [-0.2, -0.15) is 0 Å². The number of aryl methyl sites for hydroxylation is 1. The Morgan fingerprint density at radius 3 is 2.27 bits per heavy atom. The third-order valence-corrected chi connectivity index (χ3v) is 6.18. The van der Waals surface area contributed by atoms with Crippen LogP contribution in [0.4, 0.5) is 18.0 Å². The van der Waals surface area contributed by atoms with Crippen LogP contribution >= 0.6 is 0 Å². The molecule has 0 radical (unpaired) electrons. The fourth-order valence-electron chi connectivity index (χ4n) is 4.58. The number of hydrogen-bond acceptors (Lipinski definition) is 5. The summed E-state index contributed by atoms with van der Waals surface area (Å²) in [5, 5.41) is 0. The topological polar surface area (TPSA) is 68.3 Å². The van der Waals surface area contributed by atoms with Gasteiger partial charge in [0.2, 0.25) is 0 Å². The van der Waals surface area contributed by atoms with Gasteiger partial charge in [-0.05, 0) is 68.7 Å². The molecule has 10 heteroatoms. The lowest BCUT2D eigenvalue weighted by Gasteiger charge is -2.33. The maximum atomic E-state index is 13.0. The summed E-state index contributed by atoms with van der Waals surface area (Å²) in [6.45, 7) is 9.11. The summed E-state index contributed by atoms with van der Waals surface area (Å²) in [6, 6.07) is 9.24. The predicted octanol–water partition coefficient (Wildman–Crippen LogP) is 5.83. The Morgan fingerprint density at radius 1 is 1.03 bits per heavy atom. The van der Waals surface area contributed by atoms with E-state index in [0.717, 1.165) is 11.1 Å². The van der Waals surface area contributed by atoms with Crippen LogP contribution in [-0.4, -0.2) is 53.0 Å². The number of hydrogen-bond donors (Lipinski definition) is 0. The molecule has 0 spiro atoms. The summed E-state index contributed by atoms with van der Waals surface area (Å²) in [5.41, 5.74) is 2.44. The number of fused-ring (bicyclic) bond motifs is 1. The van der Waals surface area contributed by atoms with E-state index in [1.165, 1.54) is 24.3 Å². The first-order valence-electron chi connectivity index (χ1n) is 12.2. The van der Waals surface area contributed by atoms with Crippen molar-refractivity contribution < 1.29 is 37.0 Å². The minimum Gasteiger partial charge on any atom is -0.490 e. The molecule has 200 valence electrons. The number of benzene rings is 2. The summed E-state index contributed by atoms with van der Waals surface area (Å²) in [4.78, 5) is 28.7. The SMILES string of the molecule is Cc1cc(OC2CCN(C(=O)OC(C)(C)C)CC2)cc2c1C(=O)N(Cc1ccc(OC(F)(F)F)cc1)C2. The number of amides is 2.